The molecule has 6 nitrogen and oxygen atoms in total. The van der Waals surface area contributed by atoms with E-state index in [-0.39, 0.29) is 5.56 Å². The lowest BCUT2D eigenvalue weighted by atomic mass is 10.2. The second-order valence-corrected chi connectivity index (χ2v) is 4.37. The first-order valence-corrected chi connectivity index (χ1v) is 6.02. The average molecular weight is 268 g/mol. The fourth-order valence-corrected chi connectivity index (χ4v) is 2.13. The van der Waals surface area contributed by atoms with Gasteiger partial charge in [-0.3, -0.25) is 0 Å². The van der Waals surface area contributed by atoms with Crippen molar-refractivity contribution in [3.63, 3.8) is 0 Å². The van der Waals surface area contributed by atoms with Crippen molar-refractivity contribution in [1.82, 2.24) is 14.5 Å². The lowest BCUT2D eigenvalue weighted by molar-refractivity contribution is 0.0699. The van der Waals surface area contributed by atoms with Gasteiger partial charge in [0.1, 0.15) is 17.8 Å². The molecule has 0 fully saturated rings. The third-order valence-electron chi connectivity index (χ3n) is 3.02. The first kappa shape index (κ1) is 12.2. The summed E-state index contributed by atoms with van der Waals surface area (Å²) in [5.74, 6) is -0.513. The third kappa shape index (κ3) is 1.97. The molecule has 0 aliphatic carbocycles. The van der Waals surface area contributed by atoms with Crippen molar-refractivity contribution in [2.75, 3.05) is 5.32 Å². The summed E-state index contributed by atoms with van der Waals surface area (Å²) in [5, 5.41) is 12.9. The molecule has 3 aromatic rings. The summed E-state index contributed by atoms with van der Waals surface area (Å²) in [4.78, 5) is 19.6. The van der Waals surface area contributed by atoms with Gasteiger partial charge in [0, 0.05) is 18.9 Å². The molecule has 0 aliphatic heterocycles. The summed E-state index contributed by atoms with van der Waals surface area (Å²) in [6.45, 7) is 0. The molecule has 0 bridgehead atoms. The Morgan fingerprint density at radius 3 is 2.70 bits per heavy atom. The molecule has 2 heterocycles. The number of anilines is 2. The van der Waals surface area contributed by atoms with Gasteiger partial charge in [-0.25, -0.2) is 14.8 Å². The highest BCUT2D eigenvalue weighted by Gasteiger charge is 2.18. The predicted octanol–water partition coefficient (Wildman–Crippen LogP) is 2.41. The van der Waals surface area contributed by atoms with Gasteiger partial charge < -0.3 is 15.0 Å². The molecule has 0 aliphatic rings. The van der Waals surface area contributed by atoms with Crippen molar-refractivity contribution in [3.8, 4) is 0 Å². The molecular formula is C14H12N4O2. The molecule has 0 radical (unpaired) electrons. The summed E-state index contributed by atoms with van der Waals surface area (Å²) in [5.41, 5.74) is 1.60. The number of aromatic nitrogens is 3. The molecule has 0 amide bonds. The number of para-hydroxylation sites is 1. The molecule has 0 atom stereocenters. The van der Waals surface area contributed by atoms with Gasteiger partial charge in [-0.15, -0.1) is 0 Å². The number of carbonyl (C=O) groups is 1. The van der Waals surface area contributed by atoms with Crippen LogP contribution >= 0.6 is 0 Å². The SMILES string of the molecule is Cn1cc(C(=O)O)c2c(Nc3ccccc3)ncnc21. The predicted molar refractivity (Wildman–Crippen MR) is 75.2 cm³/mol. The van der Waals surface area contributed by atoms with E-state index in [1.807, 2.05) is 30.3 Å². The average Bonchev–Trinajstić information content (AvgIpc) is 2.79. The molecule has 0 saturated heterocycles. The first-order chi connectivity index (χ1) is 9.66. The van der Waals surface area contributed by atoms with Crippen LogP contribution in [0.1, 0.15) is 10.4 Å². The van der Waals surface area contributed by atoms with Crippen LogP contribution in [0.3, 0.4) is 0 Å². The van der Waals surface area contributed by atoms with E-state index in [1.54, 1.807) is 11.6 Å². The highest BCUT2D eigenvalue weighted by molar-refractivity contribution is 6.07. The highest BCUT2D eigenvalue weighted by atomic mass is 16.4. The van der Waals surface area contributed by atoms with Crippen LogP contribution in [0.5, 0.6) is 0 Å². The van der Waals surface area contributed by atoms with Crippen LogP contribution < -0.4 is 5.32 Å². The van der Waals surface area contributed by atoms with Crippen LogP contribution in [0.25, 0.3) is 11.0 Å². The van der Waals surface area contributed by atoms with Crippen LogP contribution in [0.15, 0.2) is 42.9 Å². The molecule has 2 aromatic heterocycles. The summed E-state index contributed by atoms with van der Waals surface area (Å²) < 4.78 is 1.68. The van der Waals surface area contributed by atoms with Crippen molar-refractivity contribution in [2.24, 2.45) is 7.05 Å². The van der Waals surface area contributed by atoms with Crippen LogP contribution in [-0.2, 0) is 7.05 Å². The van der Waals surface area contributed by atoms with E-state index < -0.39 is 5.97 Å². The van der Waals surface area contributed by atoms with Crippen LogP contribution in [0.2, 0.25) is 0 Å². The molecule has 0 spiro atoms. The van der Waals surface area contributed by atoms with Crippen molar-refractivity contribution < 1.29 is 9.90 Å². The van der Waals surface area contributed by atoms with E-state index in [1.165, 1.54) is 12.5 Å². The summed E-state index contributed by atoms with van der Waals surface area (Å²) in [6.07, 6.45) is 2.96. The summed E-state index contributed by atoms with van der Waals surface area (Å²) in [7, 11) is 1.76. The fourth-order valence-electron chi connectivity index (χ4n) is 2.13. The maximum Gasteiger partial charge on any atom is 0.338 e. The Morgan fingerprint density at radius 2 is 2.00 bits per heavy atom. The summed E-state index contributed by atoms with van der Waals surface area (Å²) in [6, 6.07) is 9.47. The quantitative estimate of drug-likeness (QED) is 0.762. The zero-order valence-corrected chi connectivity index (χ0v) is 10.7. The monoisotopic (exact) mass is 268 g/mol. The van der Waals surface area contributed by atoms with Gasteiger partial charge in [0.15, 0.2) is 0 Å². The molecule has 100 valence electrons. The zero-order chi connectivity index (χ0) is 14.1. The van der Waals surface area contributed by atoms with Crippen LogP contribution in [-0.4, -0.2) is 25.6 Å². The van der Waals surface area contributed by atoms with E-state index in [0.717, 1.165) is 5.69 Å². The molecule has 6 heteroatoms. The molecule has 1 aromatic carbocycles. The number of hydrogen-bond donors (Lipinski definition) is 2. The molecule has 3 rings (SSSR count). The standard InChI is InChI=1S/C14H12N4O2/c1-18-7-10(14(19)20)11-12(15-8-16-13(11)18)17-9-5-3-2-4-6-9/h2-8H,1H3,(H,19,20)(H,15,16,17). The minimum atomic E-state index is -0.999. The fraction of sp³-hybridized carbons (Fsp3) is 0.0714. The zero-order valence-electron chi connectivity index (χ0n) is 10.7. The van der Waals surface area contributed by atoms with Gasteiger partial charge in [-0.2, -0.15) is 0 Å². The molecule has 20 heavy (non-hydrogen) atoms. The summed E-state index contributed by atoms with van der Waals surface area (Å²) >= 11 is 0. The molecule has 0 saturated carbocycles. The maximum absolute atomic E-state index is 11.3. The smallest absolute Gasteiger partial charge is 0.338 e. The van der Waals surface area contributed by atoms with Gasteiger partial charge in [-0.1, -0.05) is 18.2 Å². The maximum atomic E-state index is 11.3. The topological polar surface area (TPSA) is 80.0 Å². The number of carboxylic acid groups (broad SMARTS) is 1. The van der Waals surface area contributed by atoms with Gasteiger partial charge >= 0.3 is 5.97 Å². The van der Waals surface area contributed by atoms with E-state index in [4.69, 9.17) is 0 Å². The number of fused-ring (bicyclic) bond motifs is 1. The van der Waals surface area contributed by atoms with E-state index >= 15 is 0 Å². The van der Waals surface area contributed by atoms with Crippen molar-refractivity contribution in [3.05, 3.63) is 48.4 Å². The lowest BCUT2D eigenvalue weighted by Gasteiger charge is -2.07. The van der Waals surface area contributed by atoms with E-state index in [2.05, 4.69) is 15.3 Å². The molecule has 2 N–H and O–H groups in total. The van der Waals surface area contributed by atoms with Gasteiger partial charge in [-0.05, 0) is 12.1 Å². The van der Waals surface area contributed by atoms with Gasteiger partial charge in [0.25, 0.3) is 0 Å². The minimum Gasteiger partial charge on any atom is -0.478 e. The molecular weight excluding hydrogens is 256 g/mol. The highest BCUT2D eigenvalue weighted by Crippen LogP contribution is 2.27. The number of hydrogen-bond acceptors (Lipinski definition) is 4. The Kier molecular flexibility index (Phi) is 2.83. The Balaban J connectivity index is 2.18. The minimum absolute atomic E-state index is 0.182. The van der Waals surface area contributed by atoms with Crippen LogP contribution in [0, 0.1) is 0 Å². The second kappa shape index (κ2) is 4.65. The van der Waals surface area contributed by atoms with Crippen molar-refractivity contribution >= 4 is 28.5 Å². The number of aromatic carboxylic acids is 1. The Hall–Kier alpha value is -2.89. The Bertz CT molecular complexity index is 780. The number of rotatable bonds is 3. The number of benzene rings is 1. The number of nitrogens with one attached hydrogen (secondary N) is 1. The van der Waals surface area contributed by atoms with Gasteiger partial charge in [0.2, 0.25) is 0 Å². The van der Waals surface area contributed by atoms with Gasteiger partial charge in [0.05, 0.1) is 10.9 Å². The number of carboxylic acids is 1. The van der Waals surface area contributed by atoms with Crippen LogP contribution in [0.4, 0.5) is 11.5 Å². The second-order valence-electron chi connectivity index (χ2n) is 4.37. The van der Waals surface area contributed by atoms with E-state index in [0.29, 0.717) is 16.9 Å². The Morgan fingerprint density at radius 1 is 1.25 bits per heavy atom. The number of aryl methyl sites for hydroxylation is 1. The van der Waals surface area contributed by atoms with E-state index in [9.17, 15) is 9.90 Å². The largest absolute Gasteiger partial charge is 0.478 e. The third-order valence-corrected chi connectivity index (χ3v) is 3.02. The normalized spacial score (nSPS) is 10.7. The number of nitrogens with zero attached hydrogens (tertiary/aromatic N) is 3. The van der Waals surface area contributed by atoms with Crippen molar-refractivity contribution in [2.45, 2.75) is 0 Å². The Labute approximate surface area is 114 Å². The lowest BCUT2D eigenvalue weighted by Crippen LogP contribution is -1.99. The first-order valence-electron chi connectivity index (χ1n) is 6.02. The molecule has 0 unspecified atom stereocenters. The van der Waals surface area contributed by atoms with Crippen molar-refractivity contribution in [1.29, 1.82) is 0 Å².